The first kappa shape index (κ1) is 22.4. The van der Waals surface area contributed by atoms with E-state index in [4.69, 9.17) is 3.07 Å². The molecular weight excluding hydrogens is 379 g/mol. The zero-order valence-electron chi connectivity index (χ0n) is 16.3. The van der Waals surface area contributed by atoms with Crippen molar-refractivity contribution in [2.45, 2.75) is 106 Å². The summed E-state index contributed by atoms with van der Waals surface area (Å²) in [6.07, 6.45) is 7.34. The number of hydrogen-bond donors (Lipinski definition) is 0. The second kappa shape index (κ2) is 11.1. The van der Waals surface area contributed by atoms with Gasteiger partial charge in [-0.25, -0.2) is 0 Å². The SMILES string of the molecule is CCC[CH2][Sn]([CH2]CCC)([CH2]CCC)[O]C(C(C)=O)C(C)(C)C. The standard InChI is InChI=1S/C7H13O2.3C4H9.Sn/c1-5(8)6(9)7(2,3)4;3*1-3-4-2;/h6H,1-4H3;3*1,3-4H2,2H3;/q-1;;;;+1. The van der Waals surface area contributed by atoms with Gasteiger partial charge >= 0.3 is 144 Å². The van der Waals surface area contributed by atoms with Crippen LogP contribution in [0.15, 0.2) is 0 Å². The van der Waals surface area contributed by atoms with E-state index in [0.717, 1.165) is 0 Å². The molecule has 0 amide bonds. The van der Waals surface area contributed by atoms with E-state index in [2.05, 4.69) is 41.5 Å². The molecule has 22 heavy (non-hydrogen) atoms. The number of unbranched alkanes of at least 4 members (excludes halogenated alkanes) is 3. The first-order chi connectivity index (χ1) is 10.2. The summed E-state index contributed by atoms with van der Waals surface area (Å²) in [5.74, 6) is 0.220. The van der Waals surface area contributed by atoms with Crippen molar-refractivity contribution in [1.82, 2.24) is 0 Å². The summed E-state index contributed by atoms with van der Waals surface area (Å²) in [5.41, 5.74) is -0.0847. The predicted molar refractivity (Wildman–Crippen MR) is 99.9 cm³/mol. The van der Waals surface area contributed by atoms with Gasteiger partial charge in [0.15, 0.2) is 0 Å². The van der Waals surface area contributed by atoms with Crippen LogP contribution in [0.1, 0.15) is 87.0 Å². The van der Waals surface area contributed by atoms with Crippen molar-refractivity contribution in [1.29, 1.82) is 0 Å². The molecule has 0 aromatic rings. The van der Waals surface area contributed by atoms with Crippen molar-refractivity contribution < 1.29 is 7.87 Å². The number of carbonyl (C=O) groups is 1. The summed E-state index contributed by atoms with van der Waals surface area (Å²) >= 11 is -2.69. The Balaban J connectivity index is 5.31. The molecule has 0 saturated heterocycles. The molecular formula is C19H40O2Sn. The van der Waals surface area contributed by atoms with Crippen molar-refractivity contribution in [2.24, 2.45) is 5.41 Å². The quantitative estimate of drug-likeness (QED) is 0.345. The summed E-state index contributed by atoms with van der Waals surface area (Å²) in [7, 11) is 0. The van der Waals surface area contributed by atoms with Crippen LogP contribution in [0, 0.1) is 5.41 Å². The monoisotopic (exact) mass is 420 g/mol. The normalized spacial score (nSPS) is 14.1. The molecule has 0 aromatic carbocycles. The van der Waals surface area contributed by atoms with Gasteiger partial charge in [0.2, 0.25) is 0 Å². The van der Waals surface area contributed by atoms with Crippen LogP contribution in [0.2, 0.25) is 13.3 Å². The molecule has 0 aromatic heterocycles. The van der Waals surface area contributed by atoms with Gasteiger partial charge < -0.3 is 0 Å². The first-order valence-electron chi connectivity index (χ1n) is 9.40. The number of rotatable bonds is 12. The molecule has 0 radical (unpaired) electrons. The molecule has 1 atom stereocenters. The summed E-state index contributed by atoms with van der Waals surface area (Å²) in [4.78, 5) is 12.2. The van der Waals surface area contributed by atoms with Crippen LogP contribution in [-0.2, 0) is 7.87 Å². The van der Waals surface area contributed by atoms with Gasteiger partial charge in [-0.3, -0.25) is 0 Å². The number of hydrogen-bond acceptors (Lipinski definition) is 2. The van der Waals surface area contributed by atoms with Crippen molar-refractivity contribution >= 4 is 24.6 Å². The van der Waals surface area contributed by atoms with Crippen LogP contribution >= 0.6 is 0 Å². The average Bonchev–Trinajstić information content (AvgIpc) is 2.44. The zero-order valence-corrected chi connectivity index (χ0v) is 19.1. The third-order valence-corrected chi connectivity index (χ3v) is 17.4. The Bertz CT molecular complexity index is 285. The maximum atomic E-state index is 12.2. The molecule has 3 heteroatoms. The van der Waals surface area contributed by atoms with Gasteiger partial charge in [-0.05, 0) is 0 Å². The molecule has 0 fully saturated rings. The summed E-state index contributed by atoms with van der Waals surface area (Å²) in [6.45, 7) is 15.0. The van der Waals surface area contributed by atoms with Crippen molar-refractivity contribution in [2.75, 3.05) is 0 Å². The molecule has 0 N–H and O–H groups in total. The number of Topliss-reactive ketones (excluding diaryl/α,β-unsaturated/α-hetero) is 1. The minimum absolute atomic E-state index is 0.0847. The van der Waals surface area contributed by atoms with Gasteiger partial charge in [-0.15, -0.1) is 0 Å². The van der Waals surface area contributed by atoms with E-state index in [1.54, 1.807) is 6.92 Å². The van der Waals surface area contributed by atoms with Gasteiger partial charge in [0.05, 0.1) is 0 Å². The molecule has 0 rings (SSSR count). The van der Waals surface area contributed by atoms with Crippen molar-refractivity contribution in [3.8, 4) is 0 Å². The molecule has 0 aliphatic heterocycles. The van der Waals surface area contributed by atoms with Crippen molar-refractivity contribution in [3.63, 3.8) is 0 Å². The van der Waals surface area contributed by atoms with Gasteiger partial charge in [-0.2, -0.15) is 0 Å². The number of ketones is 1. The molecule has 0 heterocycles. The van der Waals surface area contributed by atoms with Crippen LogP contribution in [-0.4, -0.2) is 30.7 Å². The first-order valence-corrected chi connectivity index (χ1v) is 16.6. The average molecular weight is 419 g/mol. The van der Waals surface area contributed by atoms with E-state index in [9.17, 15) is 4.79 Å². The Hall–Kier alpha value is 0.429. The number of carbonyl (C=O) groups excluding carboxylic acids is 1. The van der Waals surface area contributed by atoms with E-state index in [0.29, 0.717) is 0 Å². The molecule has 0 bridgehead atoms. The fraction of sp³-hybridized carbons (Fsp3) is 0.947. The summed E-state index contributed by atoms with van der Waals surface area (Å²) in [6, 6.07) is 0. The summed E-state index contributed by atoms with van der Waals surface area (Å²) in [5, 5.41) is 0. The van der Waals surface area contributed by atoms with Gasteiger partial charge in [0.1, 0.15) is 0 Å². The van der Waals surface area contributed by atoms with Crippen LogP contribution < -0.4 is 0 Å². The molecule has 0 aliphatic rings. The van der Waals surface area contributed by atoms with Crippen LogP contribution in [0.5, 0.6) is 0 Å². The molecule has 0 spiro atoms. The Morgan fingerprint density at radius 1 is 0.909 bits per heavy atom. The Labute approximate surface area is 144 Å². The van der Waals surface area contributed by atoms with Gasteiger partial charge in [-0.1, -0.05) is 0 Å². The van der Waals surface area contributed by atoms with E-state index in [1.165, 1.54) is 51.8 Å². The minimum atomic E-state index is -2.69. The van der Waals surface area contributed by atoms with Gasteiger partial charge in [0.25, 0.3) is 0 Å². The Morgan fingerprint density at radius 2 is 1.27 bits per heavy atom. The second-order valence-electron chi connectivity index (χ2n) is 7.97. The molecule has 2 nitrogen and oxygen atoms in total. The van der Waals surface area contributed by atoms with Crippen LogP contribution in [0.3, 0.4) is 0 Å². The van der Waals surface area contributed by atoms with Crippen molar-refractivity contribution in [3.05, 3.63) is 0 Å². The predicted octanol–water partition coefficient (Wildman–Crippen LogP) is 6.35. The van der Waals surface area contributed by atoms with E-state index >= 15 is 0 Å². The van der Waals surface area contributed by atoms with E-state index in [-0.39, 0.29) is 17.3 Å². The third-order valence-electron chi connectivity index (χ3n) is 4.48. The second-order valence-corrected chi connectivity index (χ2v) is 19.7. The Morgan fingerprint density at radius 3 is 1.50 bits per heavy atom. The fourth-order valence-electron chi connectivity index (χ4n) is 3.17. The molecule has 1 unspecified atom stereocenters. The molecule has 0 aliphatic carbocycles. The van der Waals surface area contributed by atoms with Gasteiger partial charge in [0, 0.05) is 0 Å². The maximum absolute atomic E-state index is 12.2. The van der Waals surface area contributed by atoms with Crippen LogP contribution in [0.4, 0.5) is 0 Å². The van der Waals surface area contributed by atoms with Crippen LogP contribution in [0.25, 0.3) is 0 Å². The van der Waals surface area contributed by atoms with E-state index < -0.39 is 18.8 Å². The zero-order chi connectivity index (χ0) is 17.2. The third kappa shape index (κ3) is 8.33. The Kier molecular flexibility index (Phi) is 11.3. The topological polar surface area (TPSA) is 26.3 Å². The fourth-order valence-corrected chi connectivity index (χ4v) is 17.8. The molecule has 0 saturated carbocycles. The van der Waals surface area contributed by atoms with E-state index in [1.807, 2.05) is 0 Å². The summed E-state index contributed by atoms with van der Waals surface area (Å²) < 4.78 is 10.7. The molecule has 132 valence electrons.